The van der Waals surface area contributed by atoms with Gasteiger partial charge in [0.2, 0.25) is 5.91 Å². The van der Waals surface area contributed by atoms with Gasteiger partial charge in [0.1, 0.15) is 12.7 Å². The summed E-state index contributed by atoms with van der Waals surface area (Å²) in [5.74, 6) is -0.412. The summed E-state index contributed by atoms with van der Waals surface area (Å²) in [5, 5.41) is 10.1. The molecule has 0 aliphatic carbocycles. The van der Waals surface area contributed by atoms with Crippen LogP contribution in [0.3, 0.4) is 0 Å². The number of aldehydes is 1. The van der Waals surface area contributed by atoms with Crippen molar-refractivity contribution in [1.82, 2.24) is 5.32 Å². The molecule has 0 bridgehead atoms. The minimum Gasteiger partial charge on any atom is -0.348 e. The van der Waals surface area contributed by atoms with Gasteiger partial charge in [-0.05, 0) is 0 Å². The Bertz CT molecular complexity index is 148. The number of nitrogens with one attached hydrogen (secondary N) is 1. The number of hydrogen-bond acceptors (Lipinski definition) is 3. The van der Waals surface area contributed by atoms with Crippen molar-refractivity contribution in [3.63, 3.8) is 0 Å². The summed E-state index contributed by atoms with van der Waals surface area (Å²) in [6, 6.07) is 1.65. The Balaban J connectivity index is 3.29. The maximum Gasteiger partial charge on any atom is 0.234 e. The standard InChI is InChI=1S/C5H6N2O2/c6-2-1-5(9)7-3-4-8/h4H,1,3H2,(H,7,9). The van der Waals surface area contributed by atoms with Crippen molar-refractivity contribution in [3.8, 4) is 6.07 Å². The van der Waals surface area contributed by atoms with E-state index < -0.39 is 5.91 Å². The molecule has 1 N–H and O–H groups in total. The predicted octanol–water partition coefficient (Wildman–Crippen LogP) is -0.785. The number of nitrogens with zero attached hydrogens (tertiary/aromatic N) is 1. The summed E-state index contributed by atoms with van der Waals surface area (Å²) >= 11 is 0. The van der Waals surface area contributed by atoms with Crippen molar-refractivity contribution in [2.45, 2.75) is 6.42 Å². The van der Waals surface area contributed by atoms with E-state index in [1.807, 2.05) is 0 Å². The van der Waals surface area contributed by atoms with E-state index in [9.17, 15) is 9.59 Å². The monoisotopic (exact) mass is 126 g/mol. The van der Waals surface area contributed by atoms with Crippen molar-refractivity contribution in [2.75, 3.05) is 6.54 Å². The number of rotatable bonds is 3. The van der Waals surface area contributed by atoms with E-state index in [0.717, 1.165) is 0 Å². The van der Waals surface area contributed by atoms with Crippen LogP contribution in [0.2, 0.25) is 0 Å². The normalized spacial score (nSPS) is 7.44. The van der Waals surface area contributed by atoms with Gasteiger partial charge >= 0.3 is 0 Å². The van der Waals surface area contributed by atoms with Gasteiger partial charge in [-0.25, -0.2) is 0 Å². The van der Waals surface area contributed by atoms with Gasteiger partial charge in [0.15, 0.2) is 0 Å². The van der Waals surface area contributed by atoms with Crippen LogP contribution in [0.1, 0.15) is 6.42 Å². The van der Waals surface area contributed by atoms with Crippen LogP contribution in [0, 0.1) is 11.3 Å². The molecule has 0 rings (SSSR count). The van der Waals surface area contributed by atoms with Gasteiger partial charge in [-0.1, -0.05) is 0 Å². The molecule has 0 saturated carbocycles. The first-order chi connectivity index (χ1) is 4.31. The number of carbonyl (C=O) groups excluding carboxylic acids is 2. The van der Waals surface area contributed by atoms with Gasteiger partial charge < -0.3 is 10.1 Å². The number of carbonyl (C=O) groups is 2. The molecule has 0 atom stereocenters. The molecular formula is C5H6N2O2. The molecule has 4 nitrogen and oxygen atoms in total. The Morgan fingerprint density at radius 2 is 2.44 bits per heavy atom. The average Bonchev–Trinajstić information content (AvgIpc) is 1.85. The quantitative estimate of drug-likeness (QED) is 0.504. The smallest absolute Gasteiger partial charge is 0.234 e. The van der Waals surface area contributed by atoms with Crippen molar-refractivity contribution >= 4 is 12.2 Å². The highest BCUT2D eigenvalue weighted by Crippen LogP contribution is 1.71. The van der Waals surface area contributed by atoms with Crippen LogP contribution in [0.5, 0.6) is 0 Å². The maximum atomic E-state index is 10.3. The summed E-state index contributed by atoms with van der Waals surface area (Å²) in [6.07, 6.45) is 0.378. The summed E-state index contributed by atoms with van der Waals surface area (Å²) in [5.41, 5.74) is 0. The third-order valence-electron chi connectivity index (χ3n) is 0.622. The van der Waals surface area contributed by atoms with Crippen molar-refractivity contribution in [1.29, 1.82) is 5.26 Å². The van der Waals surface area contributed by atoms with Crippen LogP contribution in [-0.2, 0) is 9.59 Å². The summed E-state index contributed by atoms with van der Waals surface area (Å²) in [6.45, 7) is -0.0134. The first kappa shape index (κ1) is 7.63. The second-order valence-corrected chi connectivity index (χ2v) is 1.31. The summed E-state index contributed by atoms with van der Waals surface area (Å²) in [4.78, 5) is 19.9. The third-order valence-corrected chi connectivity index (χ3v) is 0.622. The number of amides is 1. The highest BCUT2D eigenvalue weighted by molar-refractivity contribution is 5.79. The van der Waals surface area contributed by atoms with Crippen LogP contribution in [0.25, 0.3) is 0 Å². The van der Waals surface area contributed by atoms with E-state index in [1.54, 1.807) is 6.07 Å². The Morgan fingerprint density at radius 3 is 2.89 bits per heavy atom. The molecule has 0 spiro atoms. The van der Waals surface area contributed by atoms with Crippen LogP contribution >= 0.6 is 0 Å². The highest BCUT2D eigenvalue weighted by atomic mass is 16.2. The second kappa shape index (κ2) is 4.78. The average molecular weight is 126 g/mol. The van der Waals surface area contributed by atoms with Crippen LogP contribution in [0.15, 0.2) is 0 Å². The molecule has 4 heteroatoms. The fourth-order valence-corrected chi connectivity index (χ4v) is 0.290. The predicted molar refractivity (Wildman–Crippen MR) is 29.3 cm³/mol. The number of nitriles is 1. The fourth-order valence-electron chi connectivity index (χ4n) is 0.290. The first-order valence-corrected chi connectivity index (χ1v) is 2.38. The van der Waals surface area contributed by atoms with E-state index in [-0.39, 0.29) is 13.0 Å². The lowest BCUT2D eigenvalue weighted by atomic mass is 10.4. The molecule has 0 aliphatic heterocycles. The van der Waals surface area contributed by atoms with Gasteiger partial charge in [-0.3, -0.25) is 4.79 Å². The van der Waals surface area contributed by atoms with Crippen molar-refractivity contribution in [3.05, 3.63) is 0 Å². The molecule has 0 aromatic heterocycles. The van der Waals surface area contributed by atoms with E-state index in [4.69, 9.17) is 5.26 Å². The molecule has 0 heterocycles. The fraction of sp³-hybridized carbons (Fsp3) is 0.400. The molecular weight excluding hydrogens is 120 g/mol. The molecule has 0 aromatic carbocycles. The topological polar surface area (TPSA) is 70.0 Å². The lowest BCUT2D eigenvalue weighted by Crippen LogP contribution is -2.24. The molecule has 0 aromatic rings. The van der Waals surface area contributed by atoms with Crippen LogP contribution in [0.4, 0.5) is 0 Å². The highest BCUT2D eigenvalue weighted by Gasteiger charge is 1.94. The first-order valence-electron chi connectivity index (χ1n) is 2.38. The molecule has 0 radical (unpaired) electrons. The lowest BCUT2D eigenvalue weighted by molar-refractivity contribution is -0.121. The Labute approximate surface area is 52.5 Å². The van der Waals surface area contributed by atoms with Crippen molar-refractivity contribution in [2.24, 2.45) is 0 Å². The van der Waals surface area contributed by atoms with E-state index in [2.05, 4.69) is 5.32 Å². The summed E-state index contributed by atoms with van der Waals surface area (Å²) < 4.78 is 0. The Morgan fingerprint density at radius 1 is 1.78 bits per heavy atom. The second-order valence-electron chi connectivity index (χ2n) is 1.31. The Kier molecular flexibility index (Phi) is 4.05. The van der Waals surface area contributed by atoms with Gasteiger partial charge in [0, 0.05) is 0 Å². The SMILES string of the molecule is N#CCC(=O)NCC=O. The Hall–Kier alpha value is -1.37. The van der Waals surface area contributed by atoms with Crippen molar-refractivity contribution < 1.29 is 9.59 Å². The zero-order chi connectivity index (χ0) is 7.11. The maximum absolute atomic E-state index is 10.3. The van der Waals surface area contributed by atoms with Gasteiger partial charge in [-0.2, -0.15) is 5.26 Å². The van der Waals surface area contributed by atoms with E-state index in [0.29, 0.717) is 6.29 Å². The zero-order valence-electron chi connectivity index (χ0n) is 4.76. The molecule has 1 amide bonds. The lowest BCUT2D eigenvalue weighted by Gasteiger charge is -1.91. The van der Waals surface area contributed by atoms with Crippen LogP contribution in [-0.4, -0.2) is 18.7 Å². The third kappa shape index (κ3) is 4.48. The van der Waals surface area contributed by atoms with Gasteiger partial charge in [0.05, 0.1) is 12.6 Å². The minimum absolute atomic E-state index is 0.0134. The van der Waals surface area contributed by atoms with E-state index in [1.165, 1.54) is 0 Å². The molecule has 9 heavy (non-hydrogen) atoms. The molecule has 0 aliphatic rings. The molecule has 0 unspecified atom stereocenters. The van der Waals surface area contributed by atoms with E-state index >= 15 is 0 Å². The molecule has 0 fully saturated rings. The minimum atomic E-state index is -0.412. The van der Waals surface area contributed by atoms with Gasteiger partial charge in [-0.15, -0.1) is 0 Å². The largest absolute Gasteiger partial charge is 0.348 e. The zero-order valence-corrected chi connectivity index (χ0v) is 4.76. The van der Waals surface area contributed by atoms with Crippen LogP contribution < -0.4 is 5.32 Å². The molecule has 0 saturated heterocycles. The number of hydrogen-bond donors (Lipinski definition) is 1. The summed E-state index contributed by atoms with van der Waals surface area (Å²) in [7, 11) is 0. The van der Waals surface area contributed by atoms with Gasteiger partial charge in [0.25, 0.3) is 0 Å². The molecule has 48 valence electrons.